The maximum Gasteiger partial charge on any atom is 0.175 e. The summed E-state index contributed by atoms with van der Waals surface area (Å²) in [5.41, 5.74) is 5.80. The fraction of sp³-hybridized carbons (Fsp3) is 0.538. The lowest BCUT2D eigenvalue weighted by molar-refractivity contribution is 0.0358. The van der Waals surface area contributed by atoms with Crippen molar-refractivity contribution in [1.29, 1.82) is 0 Å². The van der Waals surface area contributed by atoms with E-state index in [9.17, 15) is 13.5 Å². The second-order valence-electron chi connectivity index (χ2n) is 5.11. The summed E-state index contributed by atoms with van der Waals surface area (Å²) < 4.78 is 27.7. The summed E-state index contributed by atoms with van der Waals surface area (Å²) in [6.45, 7) is 2.44. The van der Waals surface area contributed by atoms with Crippen LogP contribution in [0.5, 0.6) is 0 Å². The molecule has 0 aliphatic rings. The van der Waals surface area contributed by atoms with E-state index >= 15 is 0 Å². The van der Waals surface area contributed by atoms with Gasteiger partial charge in [0.1, 0.15) is 0 Å². The standard InChI is InChI=1S/C13H22N2O4S/c1-13(16,6-7-19-2)9-15-12-5-4-10(8-11(12)14)20(3,17)18/h4-5,8,15-16H,6-7,9,14H2,1-3H3. The first-order valence-electron chi connectivity index (χ1n) is 6.20. The molecule has 6 nitrogen and oxygen atoms in total. The predicted molar refractivity (Wildman–Crippen MR) is 79.6 cm³/mol. The van der Waals surface area contributed by atoms with E-state index in [1.54, 1.807) is 20.1 Å². The van der Waals surface area contributed by atoms with E-state index in [0.717, 1.165) is 6.26 Å². The van der Waals surface area contributed by atoms with Gasteiger partial charge in [-0.1, -0.05) is 0 Å². The molecule has 0 aliphatic heterocycles. The number of sulfone groups is 1. The van der Waals surface area contributed by atoms with Gasteiger partial charge in [0.2, 0.25) is 0 Å². The molecule has 0 saturated carbocycles. The van der Waals surface area contributed by atoms with Crippen molar-refractivity contribution in [2.45, 2.75) is 23.8 Å². The van der Waals surface area contributed by atoms with Crippen LogP contribution < -0.4 is 11.1 Å². The molecular weight excluding hydrogens is 280 g/mol. The molecule has 7 heteroatoms. The first-order chi connectivity index (χ1) is 9.15. The average Bonchev–Trinajstić information content (AvgIpc) is 2.34. The number of benzene rings is 1. The molecule has 0 radical (unpaired) electrons. The van der Waals surface area contributed by atoms with Crippen molar-refractivity contribution in [3.63, 3.8) is 0 Å². The highest BCUT2D eigenvalue weighted by Crippen LogP contribution is 2.23. The fourth-order valence-corrected chi connectivity index (χ4v) is 2.28. The van der Waals surface area contributed by atoms with E-state index in [4.69, 9.17) is 10.5 Å². The molecule has 114 valence electrons. The van der Waals surface area contributed by atoms with E-state index in [2.05, 4.69) is 5.32 Å². The van der Waals surface area contributed by atoms with Gasteiger partial charge in [0.25, 0.3) is 0 Å². The Bertz CT molecular complexity index is 555. The molecular formula is C13H22N2O4S. The third kappa shape index (κ3) is 4.99. The molecule has 1 rings (SSSR count). The number of anilines is 2. The molecule has 0 bridgehead atoms. The van der Waals surface area contributed by atoms with Crippen LogP contribution in [0.15, 0.2) is 23.1 Å². The van der Waals surface area contributed by atoms with Gasteiger partial charge in [-0.2, -0.15) is 0 Å². The Morgan fingerprint density at radius 2 is 2.10 bits per heavy atom. The number of aliphatic hydroxyl groups is 1. The zero-order valence-electron chi connectivity index (χ0n) is 12.0. The van der Waals surface area contributed by atoms with Crippen molar-refractivity contribution in [1.82, 2.24) is 0 Å². The maximum absolute atomic E-state index is 11.4. The largest absolute Gasteiger partial charge is 0.397 e. The normalized spacial score (nSPS) is 14.8. The van der Waals surface area contributed by atoms with Crippen LogP contribution in [0.25, 0.3) is 0 Å². The number of nitrogen functional groups attached to an aromatic ring is 1. The monoisotopic (exact) mass is 302 g/mol. The zero-order chi connectivity index (χ0) is 15.4. The molecule has 0 amide bonds. The van der Waals surface area contributed by atoms with Crippen molar-refractivity contribution in [2.75, 3.05) is 37.6 Å². The predicted octanol–water partition coefficient (Wildman–Crippen LogP) is 0.872. The second kappa shape index (κ2) is 6.43. The number of nitrogens with one attached hydrogen (secondary N) is 1. The molecule has 1 aromatic rings. The van der Waals surface area contributed by atoms with E-state index in [1.165, 1.54) is 12.1 Å². The molecule has 1 unspecified atom stereocenters. The van der Waals surface area contributed by atoms with E-state index in [0.29, 0.717) is 30.9 Å². The maximum atomic E-state index is 11.4. The summed E-state index contributed by atoms with van der Waals surface area (Å²) >= 11 is 0. The quantitative estimate of drug-likeness (QED) is 0.646. The molecule has 0 fully saturated rings. The Balaban J connectivity index is 2.75. The SMILES string of the molecule is COCCC(C)(O)CNc1ccc(S(C)(=O)=O)cc1N. The van der Waals surface area contributed by atoms with Gasteiger partial charge in [0.05, 0.1) is 21.9 Å². The lowest BCUT2D eigenvalue weighted by Gasteiger charge is -2.24. The topological polar surface area (TPSA) is 102 Å². The summed E-state index contributed by atoms with van der Waals surface area (Å²) in [6, 6.07) is 4.48. The first-order valence-corrected chi connectivity index (χ1v) is 8.10. The van der Waals surface area contributed by atoms with Gasteiger partial charge in [0.15, 0.2) is 9.84 Å². The molecule has 0 heterocycles. The molecule has 1 atom stereocenters. The average molecular weight is 302 g/mol. The van der Waals surface area contributed by atoms with Crippen LogP contribution >= 0.6 is 0 Å². The van der Waals surface area contributed by atoms with Gasteiger partial charge in [-0.3, -0.25) is 0 Å². The number of rotatable bonds is 7. The van der Waals surface area contributed by atoms with Crippen molar-refractivity contribution in [3.8, 4) is 0 Å². The molecule has 0 aliphatic carbocycles. The Morgan fingerprint density at radius 3 is 2.60 bits per heavy atom. The lowest BCUT2D eigenvalue weighted by atomic mass is 10.0. The van der Waals surface area contributed by atoms with Crippen molar-refractivity contribution in [3.05, 3.63) is 18.2 Å². The van der Waals surface area contributed by atoms with Crippen LogP contribution in [0.1, 0.15) is 13.3 Å². The Kier molecular flexibility index (Phi) is 5.38. The Hall–Kier alpha value is -1.31. The van der Waals surface area contributed by atoms with Crippen LogP contribution in [-0.4, -0.2) is 45.6 Å². The minimum atomic E-state index is -3.27. The van der Waals surface area contributed by atoms with E-state index < -0.39 is 15.4 Å². The minimum Gasteiger partial charge on any atom is -0.397 e. The fourth-order valence-electron chi connectivity index (χ4n) is 1.63. The Morgan fingerprint density at radius 1 is 1.45 bits per heavy atom. The Labute approximate surface area is 119 Å². The smallest absolute Gasteiger partial charge is 0.175 e. The van der Waals surface area contributed by atoms with Crippen LogP contribution in [0.4, 0.5) is 11.4 Å². The summed E-state index contributed by atoms with van der Waals surface area (Å²) in [5.74, 6) is 0. The summed E-state index contributed by atoms with van der Waals surface area (Å²) in [6.07, 6.45) is 1.61. The zero-order valence-corrected chi connectivity index (χ0v) is 12.8. The first kappa shape index (κ1) is 16.7. The third-order valence-electron chi connectivity index (χ3n) is 2.96. The number of nitrogens with two attached hydrogens (primary N) is 1. The molecule has 20 heavy (non-hydrogen) atoms. The van der Waals surface area contributed by atoms with Crippen molar-refractivity contribution >= 4 is 21.2 Å². The number of hydrogen-bond acceptors (Lipinski definition) is 6. The van der Waals surface area contributed by atoms with Crippen molar-refractivity contribution in [2.24, 2.45) is 0 Å². The summed E-state index contributed by atoms with van der Waals surface area (Å²) in [4.78, 5) is 0.173. The van der Waals surface area contributed by atoms with Gasteiger partial charge < -0.3 is 20.9 Å². The third-order valence-corrected chi connectivity index (χ3v) is 4.07. The number of hydrogen-bond donors (Lipinski definition) is 3. The molecule has 1 aromatic carbocycles. The minimum absolute atomic E-state index is 0.173. The van der Waals surface area contributed by atoms with E-state index in [-0.39, 0.29) is 4.90 Å². The van der Waals surface area contributed by atoms with Gasteiger partial charge >= 0.3 is 0 Å². The van der Waals surface area contributed by atoms with Crippen LogP contribution in [0, 0.1) is 0 Å². The van der Waals surface area contributed by atoms with Gasteiger partial charge in [-0.25, -0.2) is 8.42 Å². The van der Waals surface area contributed by atoms with Crippen LogP contribution in [0.3, 0.4) is 0 Å². The molecule has 0 aromatic heterocycles. The lowest BCUT2D eigenvalue weighted by Crippen LogP contribution is -2.34. The van der Waals surface area contributed by atoms with Gasteiger partial charge in [0, 0.05) is 32.9 Å². The van der Waals surface area contributed by atoms with Gasteiger partial charge in [-0.15, -0.1) is 0 Å². The summed E-state index contributed by atoms with van der Waals surface area (Å²) in [5, 5.41) is 13.1. The summed E-state index contributed by atoms with van der Waals surface area (Å²) in [7, 11) is -1.70. The molecule has 4 N–H and O–H groups in total. The number of methoxy groups -OCH3 is 1. The van der Waals surface area contributed by atoms with E-state index in [1.807, 2.05) is 0 Å². The number of ether oxygens (including phenoxy) is 1. The van der Waals surface area contributed by atoms with Crippen LogP contribution in [-0.2, 0) is 14.6 Å². The molecule has 0 saturated heterocycles. The van der Waals surface area contributed by atoms with Gasteiger partial charge in [-0.05, 0) is 25.1 Å². The van der Waals surface area contributed by atoms with Crippen molar-refractivity contribution < 1.29 is 18.3 Å². The highest BCUT2D eigenvalue weighted by molar-refractivity contribution is 7.90. The molecule has 0 spiro atoms. The highest BCUT2D eigenvalue weighted by Gasteiger charge is 2.20. The second-order valence-corrected chi connectivity index (χ2v) is 7.13. The van der Waals surface area contributed by atoms with Crippen LogP contribution in [0.2, 0.25) is 0 Å². The highest BCUT2D eigenvalue weighted by atomic mass is 32.2.